The van der Waals surface area contributed by atoms with Crippen molar-refractivity contribution in [3.8, 4) is 11.5 Å². The summed E-state index contributed by atoms with van der Waals surface area (Å²) in [5, 5.41) is 18.4. The van der Waals surface area contributed by atoms with Crippen LogP contribution in [0, 0.1) is 25.7 Å². The molecule has 350 valence electrons. The van der Waals surface area contributed by atoms with E-state index < -0.39 is 23.6 Å². The highest BCUT2D eigenvalue weighted by molar-refractivity contribution is 6.05. The zero-order valence-corrected chi connectivity index (χ0v) is 38.7. The number of rotatable bonds is 20. The summed E-state index contributed by atoms with van der Waals surface area (Å²) in [5.41, 5.74) is 15.8. The van der Waals surface area contributed by atoms with Crippen LogP contribution in [0.25, 0.3) is 22.1 Å². The van der Waals surface area contributed by atoms with Gasteiger partial charge in [0.2, 0.25) is 23.7 Å². The quantitative estimate of drug-likeness (QED) is 0.0530. The van der Waals surface area contributed by atoms with E-state index in [9.17, 15) is 19.2 Å². The van der Waals surface area contributed by atoms with Gasteiger partial charge in [-0.05, 0) is 68.5 Å². The van der Waals surface area contributed by atoms with Crippen molar-refractivity contribution in [3.63, 3.8) is 0 Å². The summed E-state index contributed by atoms with van der Waals surface area (Å²) in [7, 11) is 1.48. The molecule has 6 aromatic rings. The number of primary amides is 2. The van der Waals surface area contributed by atoms with E-state index in [1.54, 1.807) is 44.3 Å². The van der Waals surface area contributed by atoms with Crippen molar-refractivity contribution in [2.45, 2.75) is 74.1 Å². The molecule has 2 aromatic carbocycles. The summed E-state index contributed by atoms with van der Waals surface area (Å²) >= 11 is 0. The van der Waals surface area contributed by atoms with Gasteiger partial charge in [0.1, 0.15) is 33.9 Å². The Kier molecular flexibility index (Phi) is 14.5. The Morgan fingerprint density at radius 2 is 1.20 bits per heavy atom. The summed E-state index contributed by atoms with van der Waals surface area (Å²) in [6.07, 6.45) is 4.49. The summed E-state index contributed by atoms with van der Waals surface area (Å²) in [4.78, 5) is 64.9. The number of imidazole rings is 2. The number of aromatic nitrogens is 8. The van der Waals surface area contributed by atoms with Crippen LogP contribution in [0.2, 0.25) is 0 Å². The maximum absolute atomic E-state index is 14.1. The van der Waals surface area contributed by atoms with E-state index in [2.05, 4.69) is 31.0 Å². The molecule has 1 aliphatic rings. The first-order valence-corrected chi connectivity index (χ1v) is 22.2. The molecule has 20 nitrogen and oxygen atoms in total. The molecule has 0 radical (unpaired) electrons. The zero-order chi connectivity index (χ0) is 47.2. The number of benzene rings is 2. The van der Waals surface area contributed by atoms with Gasteiger partial charge in [-0.3, -0.25) is 39.2 Å². The fourth-order valence-corrected chi connectivity index (χ4v) is 8.08. The second-order valence-corrected chi connectivity index (χ2v) is 17.4. The van der Waals surface area contributed by atoms with E-state index in [1.807, 2.05) is 58.3 Å². The lowest BCUT2D eigenvalue weighted by molar-refractivity contribution is 0.0991. The Bertz CT molecular complexity index is 2790. The number of nitrogens with one attached hydrogen (secondary N) is 3. The number of anilines is 2. The number of piperazine rings is 1. The fourth-order valence-electron chi connectivity index (χ4n) is 8.08. The maximum atomic E-state index is 14.1. The predicted octanol–water partition coefficient (Wildman–Crippen LogP) is 4.35. The third-order valence-electron chi connectivity index (χ3n) is 11.0. The smallest absolute Gasteiger partial charge is 0.276 e. The van der Waals surface area contributed by atoms with Crippen LogP contribution in [0.3, 0.4) is 0 Å². The first-order valence-electron chi connectivity index (χ1n) is 22.2. The molecule has 7 rings (SSSR count). The lowest BCUT2D eigenvalue weighted by atomic mass is 10.1. The van der Waals surface area contributed by atoms with Crippen LogP contribution in [-0.2, 0) is 26.2 Å². The molecule has 0 aliphatic carbocycles. The highest BCUT2D eigenvalue weighted by Gasteiger charge is 2.24. The van der Waals surface area contributed by atoms with Crippen LogP contribution >= 0.6 is 0 Å². The molecule has 0 saturated carbocycles. The Morgan fingerprint density at radius 3 is 1.65 bits per heavy atom. The number of fused-ring (bicyclic) bond motifs is 2. The second kappa shape index (κ2) is 20.4. The van der Waals surface area contributed by atoms with Crippen LogP contribution < -0.4 is 36.9 Å². The van der Waals surface area contributed by atoms with Gasteiger partial charge in [0.15, 0.2) is 0 Å². The molecule has 20 heteroatoms. The Labute approximate surface area is 382 Å². The van der Waals surface area contributed by atoms with Crippen molar-refractivity contribution in [3.05, 3.63) is 82.5 Å². The van der Waals surface area contributed by atoms with Crippen molar-refractivity contribution >= 4 is 57.6 Å². The number of carbonyl (C=O) groups excluding carboxylic acids is 4. The van der Waals surface area contributed by atoms with E-state index >= 15 is 0 Å². The number of nitrogens with two attached hydrogens (primary N) is 2. The SMILES string of the molecule is COc1cc(C(N)=O)cc2nc(NC(=O)c3cc(C)nn3CC(C)C)n(C/C=C/Cn3c(NC(=O)c4cc(C)nn4CC(C)C)nc4cc(C(N)=O)cc(OCCCN5CCNCC5)c43)c12. The molecule has 0 unspecified atom stereocenters. The molecule has 0 spiro atoms. The van der Waals surface area contributed by atoms with Gasteiger partial charge in [-0.25, -0.2) is 9.97 Å². The van der Waals surface area contributed by atoms with Crippen LogP contribution in [0.1, 0.15) is 87.2 Å². The molecule has 4 aromatic heterocycles. The molecule has 1 fully saturated rings. The van der Waals surface area contributed by atoms with E-state index in [-0.39, 0.29) is 47.9 Å². The van der Waals surface area contributed by atoms with Gasteiger partial charge in [0, 0.05) is 70.0 Å². The molecular weight excluding hydrogens is 845 g/mol. The van der Waals surface area contributed by atoms with Gasteiger partial charge in [0.25, 0.3) is 11.8 Å². The number of carbonyl (C=O) groups is 4. The van der Waals surface area contributed by atoms with Crippen LogP contribution in [-0.4, -0.2) is 114 Å². The van der Waals surface area contributed by atoms with Gasteiger partial charge in [0.05, 0.1) is 36.1 Å². The third-order valence-corrected chi connectivity index (χ3v) is 11.0. The van der Waals surface area contributed by atoms with Gasteiger partial charge in [-0.1, -0.05) is 39.8 Å². The monoisotopic (exact) mass is 904 g/mol. The lowest BCUT2D eigenvalue weighted by Gasteiger charge is -2.27. The van der Waals surface area contributed by atoms with Crippen LogP contribution in [0.4, 0.5) is 11.9 Å². The number of hydrogen-bond acceptors (Lipinski definition) is 12. The fraction of sp³-hybridized carbons (Fsp3) is 0.435. The van der Waals surface area contributed by atoms with Crippen molar-refractivity contribution < 1.29 is 28.7 Å². The zero-order valence-electron chi connectivity index (χ0n) is 38.7. The van der Waals surface area contributed by atoms with Crippen molar-refractivity contribution in [2.75, 3.05) is 57.1 Å². The van der Waals surface area contributed by atoms with E-state index in [0.29, 0.717) is 76.0 Å². The number of nitrogens with zero attached hydrogens (tertiary/aromatic N) is 9. The third kappa shape index (κ3) is 10.7. The number of ether oxygens (including phenoxy) is 2. The summed E-state index contributed by atoms with van der Waals surface area (Å²) in [6, 6.07) is 9.73. The Hall–Kier alpha value is -7.06. The maximum Gasteiger partial charge on any atom is 0.276 e. The molecule has 7 N–H and O–H groups in total. The van der Waals surface area contributed by atoms with Crippen molar-refractivity contribution in [1.29, 1.82) is 0 Å². The molecule has 66 heavy (non-hydrogen) atoms. The summed E-state index contributed by atoms with van der Waals surface area (Å²) < 4.78 is 19.1. The highest BCUT2D eigenvalue weighted by atomic mass is 16.5. The van der Waals surface area contributed by atoms with Gasteiger partial charge in [-0.15, -0.1) is 0 Å². The average Bonchev–Trinajstić information content (AvgIpc) is 4.02. The summed E-state index contributed by atoms with van der Waals surface area (Å²) in [5.74, 6) is -0.574. The first kappa shape index (κ1) is 46.9. The minimum absolute atomic E-state index is 0.172. The molecule has 4 amide bonds. The first-order chi connectivity index (χ1) is 31.6. The summed E-state index contributed by atoms with van der Waals surface area (Å²) in [6.45, 7) is 18.2. The number of hydrogen-bond donors (Lipinski definition) is 5. The number of methoxy groups -OCH3 is 1. The minimum atomic E-state index is -0.663. The largest absolute Gasteiger partial charge is 0.494 e. The molecular formula is C46H60N14O6. The van der Waals surface area contributed by atoms with Gasteiger partial charge >= 0.3 is 0 Å². The Balaban J connectivity index is 1.26. The van der Waals surface area contributed by atoms with Crippen molar-refractivity contribution in [2.24, 2.45) is 23.3 Å². The lowest BCUT2D eigenvalue weighted by Crippen LogP contribution is -2.43. The van der Waals surface area contributed by atoms with Crippen molar-refractivity contribution in [1.82, 2.24) is 48.9 Å². The molecule has 1 aliphatic heterocycles. The average molecular weight is 905 g/mol. The van der Waals surface area contributed by atoms with Crippen LogP contribution in [0.5, 0.6) is 11.5 Å². The predicted molar refractivity (Wildman–Crippen MR) is 251 cm³/mol. The molecule has 5 heterocycles. The normalized spacial score (nSPS) is 13.4. The number of amides is 4. The van der Waals surface area contributed by atoms with Crippen LogP contribution in [0.15, 0.2) is 48.6 Å². The molecule has 0 atom stereocenters. The standard InChI is InChI=1S/C46H60N14O6/c1-27(2)25-59-35(19-29(5)54-59)43(63)52-45-50-33-21-31(41(47)61)23-37(65-7)39(33)57(45)14-8-9-15-58-40-34(51-46(58)53-44(64)36-20-30(6)55-60(36)26-28(3)4)22-32(42(48)62)24-38(40)66-18-10-13-56-16-11-49-12-17-56/h8-9,19-24,27-28,49H,10-18,25-26H2,1-7H3,(H2,47,61)(H2,48,62)(H,50,52,63)(H,51,53,64)/b9-8+. The van der Waals surface area contributed by atoms with E-state index in [0.717, 1.165) is 39.1 Å². The Morgan fingerprint density at radius 1 is 0.727 bits per heavy atom. The molecule has 1 saturated heterocycles. The minimum Gasteiger partial charge on any atom is -0.494 e. The highest BCUT2D eigenvalue weighted by Crippen LogP contribution is 2.33. The van der Waals surface area contributed by atoms with Gasteiger partial charge in [-0.2, -0.15) is 10.2 Å². The molecule has 0 bridgehead atoms. The topological polar surface area (TPSA) is 249 Å². The van der Waals surface area contributed by atoms with Gasteiger partial charge < -0.3 is 40.3 Å². The number of allylic oxidation sites excluding steroid dienone is 2. The number of aryl methyl sites for hydroxylation is 2. The van der Waals surface area contributed by atoms with E-state index in [1.165, 1.54) is 13.2 Å². The van der Waals surface area contributed by atoms with E-state index in [4.69, 9.17) is 30.9 Å². The second-order valence-electron chi connectivity index (χ2n) is 17.4.